The normalized spacial score (nSPS) is 14.9. The lowest BCUT2D eigenvalue weighted by Gasteiger charge is -2.35. The molecule has 226 valence electrons. The van der Waals surface area contributed by atoms with Crippen molar-refractivity contribution in [2.45, 2.75) is 19.6 Å². The number of fused-ring (bicyclic) bond motifs is 1. The molecular formula is C33H33N5O6. The van der Waals surface area contributed by atoms with E-state index in [2.05, 4.69) is 15.7 Å². The van der Waals surface area contributed by atoms with E-state index in [1.54, 1.807) is 0 Å². The molecule has 1 amide bonds. The van der Waals surface area contributed by atoms with Gasteiger partial charge in [0.05, 0.1) is 0 Å². The maximum Gasteiger partial charge on any atom is 0.434 e. The number of nitrogens with zero attached hydrogens (tertiary/aromatic N) is 5. The van der Waals surface area contributed by atoms with Crippen molar-refractivity contribution in [1.82, 2.24) is 19.1 Å². The third-order valence-electron chi connectivity index (χ3n) is 7.73. The van der Waals surface area contributed by atoms with Crippen LogP contribution in [0.15, 0.2) is 83.7 Å². The highest BCUT2D eigenvalue weighted by atomic mass is 16.7. The molecule has 1 saturated heterocycles. The minimum atomic E-state index is -0.683. The van der Waals surface area contributed by atoms with Gasteiger partial charge in [-0.25, -0.2) is 9.59 Å². The zero-order chi connectivity index (χ0) is 30.5. The van der Waals surface area contributed by atoms with E-state index >= 15 is 0 Å². The fourth-order valence-corrected chi connectivity index (χ4v) is 5.40. The van der Waals surface area contributed by atoms with Gasteiger partial charge in [0.1, 0.15) is 29.5 Å². The molecule has 0 saturated carbocycles. The number of carbonyl (C=O) groups is 1. The van der Waals surface area contributed by atoms with E-state index in [1.165, 1.54) is 9.47 Å². The standard InChI is InChI=1S/C33H33N5O6/c1-2-22-42-27-14-10-26(11-15-27)35-17-19-36(20-18-35)33(41)44-38-31(39)30-24-34(16-21-37(30)32(38)40)23-25-8-12-29(13-9-25)43-28-6-4-3-5-7-28/h1,3-15,39H,16-24H2. The largest absolute Gasteiger partial charge is 0.491 e. The highest BCUT2D eigenvalue weighted by molar-refractivity contribution is 5.68. The monoisotopic (exact) mass is 595 g/mol. The van der Waals surface area contributed by atoms with Crippen LogP contribution >= 0.6 is 0 Å². The number of hydrogen-bond acceptors (Lipinski definition) is 8. The van der Waals surface area contributed by atoms with Crippen LogP contribution in [0.3, 0.4) is 0 Å². The number of hydrogen-bond donors (Lipinski definition) is 1. The number of para-hydroxylation sites is 1. The molecule has 0 aliphatic carbocycles. The molecule has 0 spiro atoms. The minimum absolute atomic E-state index is 0.211. The van der Waals surface area contributed by atoms with Gasteiger partial charge in [-0.2, -0.15) is 0 Å². The van der Waals surface area contributed by atoms with Crippen LogP contribution in [-0.2, 0) is 19.6 Å². The first-order chi connectivity index (χ1) is 21.5. The van der Waals surface area contributed by atoms with E-state index in [0.717, 1.165) is 22.7 Å². The van der Waals surface area contributed by atoms with Crippen LogP contribution in [0.25, 0.3) is 0 Å². The lowest BCUT2D eigenvalue weighted by Crippen LogP contribution is -2.51. The molecule has 0 unspecified atom stereocenters. The number of piperazine rings is 1. The summed E-state index contributed by atoms with van der Waals surface area (Å²) in [6, 6.07) is 25.0. The van der Waals surface area contributed by atoms with Crippen LogP contribution in [0.2, 0.25) is 0 Å². The number of imidazole rings is 1. The van der Waals surface area contributed by atoms with Crippen molar-refractivity contribution >= 4 is 11.8 Å². The van der Waals surface area contributed by atoms with Crippen LogP contribution in [0.1, 0.15) is 11.3 Å². The summed E-state index contributed by atoms with van der Waals surface area (Å²) < 4.78 is 13.5. The van der Waals surface area contributed by atoms with Crippen LogP contribution in [-0.4, -0.2) is 69.6 Å². The summed E-state index contributed by atoms with van der Waals surface area (Å²) in [7, 11) is 0. The van der Waals surface area contributed by atoms with Crippen molar-refractivity contribution < 1.29 is 24.2 Å². The molecule has 44 heavy (non-hydrogen) atoms. The Morgan fingerprint density at radius 3 is 2.23 bits per heavy atom. The van der Waals surface area contributed by atoms with Gasteiger partial charge in [-0.05, 0) is 54.1 Å². The molecule has 11 nitrogen and oxygen atoms in total. The number of carbonyl (C=O) groups excluding carboxylic acids is 1. The molecule has 3 heterocycles. The topological polar surface area (TPSA) is 102 Å². The predicted molar refractivity (Wildman–Crippen MR) is 164 cm³/mol. The molecule has 0 bridgehead atoms. The number of ether oxygens (including phenoxy) is 2. The summed E-state index contributed by atoms with van der Waals surface area (Å²) in [6.07, 6.45) is 4.56. The first kappa shape index (κ1) is 28.8. The van der Waals surface area contributed by atoms with Gasteiger partial charge >= 0.3 is 11.8 Å². The number of aromatic hydroxyl groups is 1. The first-order valence-electron chi connectivity index (χ1n) is 14.4. The maximum atomic E-state index is 13.0. The summed E-state index contributed by atoms with van der Waals surface area (Å²) in [5.41, 5.74) is 1.91. The Labute approximate surface area is 255 Å². The minimum Gasteiger partial charge on any atom is -0.491 e. The quantitative estimate of drug-likeness (QED) is 0.309. The molecule has 4 aromatic rings. The number of anilines is 1. The molecule has 1 aromatic heterocycles. The molecule has 2 aliphatic rings. The highest BCUT2D eigenvalue weighted by Gasteiger charge is 2.30. The Balaban J connectivity index is 1.03. The molecule has 1 N–H and O–H groups in total. The van der Waals surface area contributed by atoms with E-state index in [4.69, 9.17) is 20.7 Å². The predicted octanol–water partition coefficient (Wildman–Crippen LogP) is 3.55. The number of aromatic nitrogens is 2. The molecule has 11 heteroatoms. The summed E-state index contributed by atoms with van der Waals surface area (Å²) in [6.45, 7) is 4.11. The number of rotatable bonds is 8. The average Bonchev–Trinajstić information content (AvgIpc) is 3.29. The van der Waals surface area contributed by atoms with Crippen LogP contribution in [0.4, 0.5) is 10.5 Å². The van der Waals surface area contributed by atoms with E-state index < -0.39 is 11.8 Å². The molecular weight excluding hydrogens is 562 g/mol. The first-order valence-corrected chi connectivity index (χ1v) is 14.4. The van der Waals surface area contributed by atoms with Crippen molar-refractivity contribution in [3.63, 3.8) is 0 Å². The Hall–Kier alpha value is -5.34. The zero-order valence-electron chi connectivity index (χ0n) is 24.2. The number of terminal acetylenes is 1. The summed E-state index contributed by atoms with van der Waals surface area (Å²) in [5, 5.41) is 10.9. The van der Waals surface area contributed by atoms with Crippen LogP contribution < -0.4 is 24.9 Å². The average molecular weight is 596 g/mol. The third-order valence-corrected chi connectivity index (χ3v) is 7.73. The Morgan fingerprint density at radius 1 is 0.841 bits per heavy atom. The summed E-state index contributed by atoms with van der Waals surface area (Å²) >= 11 is 0. The van der Waals surface area contributed by atoms with E-state index in [-0.39, 0.29) is 12.5 Å². The van der Waals surface area contributed by atoms with Gasteiger partial charge in [-0.1, -0.05) is 41.0 Å². The summed E-state index contributed by atoms with van der Waals surface area (Å²) in [4.78, 5) is 37.2. The highest BCUT2D eigenvalue weighted by Crippen LogP contribution is 2.25. The van der Waals surface area contributed by atoms with Gasteiger partial charge in [-0.3, -0.25) is 9.47 Å². The fourth-order valence-electron chi connectivity index (χ4n) is 5.40. The molecule has 2 aliphatic heterocycles. The SMILES string of the molecule is C#CCOc1ccc(N2CCN(C(=O)On3c(O)c4n(c3=O)CCN(Cc3ccc(Oc5ccccc5)cc3)C4)CC2)cc1. The van der Waals surface area contributed by atoms with Crippen molar-refractivity contribution in [2.24, 2.45) is 0 Å². The van der Waals surface area contributed by atoms with E-state index in [0.29, 0.717) is 68.5 Å². The molecule has 0 radical (unpaired) electrons. The van der Waals surface area contributed by atoms with Gasteiger partial charge in [0.25, 0.3) is 5.88 Å². The lowest BCUT2D eigenvalue weighted by molar-refractivity contribution is 0.0773. The van der Waals surface area contributed by atoms with Crippen LogP contribution in [0.5, 0.6) is 23.1 Å². The molecule has 1 fully saturated rings. The number of amides is 1. The maximum absolute atomic E-state index is 13.0. The van der Waals surface area contributed by atoms with Crippen molar-refractivity contribution in [3.8, 4) is 35.5 Å². The van der Waals surface area contributed by atoms with Gasteiger partial charge in [0.15, 0.2) is 0 Å². The van der Waals surface area contributed by atoms with Gasteiger partial charge in [0, 0.05) is 58.0 Å². The van der Waals surface area contributed by atoms with Crippen molar-refractivity contribution in [2.75, 3.05) is 44.2 Å². The molecule has 3 aromatic carbocycles. The molecule has 6 rings (SSSR count). The fraction of sp³-hybridized carbons (Fsp3) is 0.273. The van der Waals surface area contributed by atoms with Crippen LogP contribution in [0, 0.1) is 12.3 Å². The smallest absolute Gasteiger partial charge is 0.434 e. The third kappa shape index (κ3) is 6.35. The van der Waals surface area contributed by atoms with E-state index in [1.807, 2.05) is 78.9 Å². The lowest BCUT2D eigenvalue weighted by atomic mass is 10.2. The number of benzene rings is 3. The molecule has 0 atom stereocenters. The zero-order valence-corrected chi connectivity index (χ0v) is 24.2. The second-order valence-corrected chi connectivity index (χ2v) is 10.6. The van der Waals surface area contributed by atoms with Crippen molar-refractivity contribution in [3.05, 3.63) is 101 Å². The van der Waals surface area contributed by atoms with E-state index in [9.17, 15) is 14.7 Å². The second-order valence-electron chi connectivity index (χ2n) is 10.6. The van der Waals surface area contributed by atoms with Gasteiger partial charge in [0.2, 0.25) is 0 Å². The van der Waals surface area contributed by atoms with Gasteiger partial charge < -0.3 is 29.2 Å². The van der Waals surface area contributed by atoms with Gasteiger partial charge in [-0.15, -0.1) is 6.42 Å². The van der Waals surface area contributed by atoms with Crippen molar-refractivity contribution in [1.29, 1.82) is 0 Å². The Bertz CT molecular complexity index is 1680. The second kappa shape index (κ2) is 12.9. The Morgan fingerprint density at radius 2 is 1.52 bits per heavy atom. The Kier molecular flexibility index (Phi) is 8.43. The summed E-state index contributed by atoms with van der Waals surface area (Å²) in [5.74, 6) is 4.29.